The molecule has 3 aromatic rings. The van der Waals surface area contributed by atoms with Crippen molar-refractivity contribution in [1.29, 1.82) is 0 Å². The fourth-order valence-corrected chi connectivity index (χ4v) is 5.15. The van der Waals surface area contributed by atoms with E-state index < -0.39 is 22.5 Å². The lowest BCUT2D eigenvalue weighted by atomic mass is 10.1. The van der Waals surface area contributed by atoms with Crippen molar-refractivity contribution in [3.63, 3.8) is 0 Å². The molecule has 7 nitrogen and oxygen atoms in total. The molecule has 0 fully saturated rings. The number of hydrogen-bond donors (Lipinski definition) is 2. The molecule has 0 unspecified atom stereocenters. The molecule has 190 valence electrons. The van der Waals surface area contributed by atoms with Gasteiger partial charge in [-0.3, -0.25) is 13.9 Å². The van der Waals surface area contributed by atoms with E-state index in [-0.39, 0.29) is 16.7 Å². The van der Waals surface area contributed by atoms with Gasteiger partial charge in [-0.1, -0.05) is 68.8 Å². The minimum atomic E-state index is -4.04. The molecule has 0 aliphatic heterocycles. The first-order valence-electron chi connectivity index (χ1n) is 12.0. The molecule has 0 saturated carbocycles. The van der Waals surface area contributed by atoms with Gasteiger partial charge >= 0.3 is 0 Å². The first-order valence-corrected chi connectivity index (χ1v) is 13.4. The van der Waals surface area contributed by atoms with Gasteiger partial charge < -0.3 is 10.6 Å². The number of nitrogens with one attached hydrogen (secondary N) is 2. The molecule has 0 saturated heterocycles. The number of nitrogens with zero attached hydrogens (tertiary/aromatic N) is 1. The Hall–Kier alpha value is -3.65. The third-order valence-electron chi connectivity index (χ3n) is 5.65. The Morgan fingerprint density at radius 1 is 0.917 bits per heavy atom. The molecule has 0 bridgehead atoms. The summed E-state index contributed by atoms with van der Waals surface area (Å²) in [6.45, 7) is 7.84. The minimum Gasteiger partial charge on any atom is -0.352 e. The third kappa shape index (κ3) is 6.51. The normalized spacial score (nSPS) is 11.2. The fourth-order valence-electron chi connectivity index (χ4n) is 3.69. The molecule has 0 radical (unpaired) electrons. The number of anilines is 2. The predicted molar refractivity (Wildman–Crippen MR) is 144 cm³/mol. The second kappa shape index (κ2) is 11.9. The highest BCUT2D eigenvalue weighted by molar-refractivity contribution is 7.92. The van der Waals surface area contributed by atoms with Crippen molar-refractivity contribution in [2.75, 3.05) is 22.7 Å². The second-order valence-electron chi connectivity index (χ2n) is 9.00. The van der Waals surface area contributed by atoms with Crippen LogP contribution < -0.4 is 14.9 Å². The number of aryl methyl sites for hydroxylation is 2. The van der Waals surface area contributed by atoms with Crippen LogP contribution in [0.25, 0.3) is 0 Å². The SMILES string of the molecule is CCc1ccccc1N(CC(=O)Nc1ccccc1C(=O)NCC(C)C)S(=O)(=O)c1ccc(C)cc1. The maximum atomic E-state index is 13.7. The molecule has 8 heteroatoms. The molecule has 0 heterocycles. The fraction of sp³-hybridized carbons (Fsp3) is 0.286. The van der Waals surface area contributed by atoms with Crippen molar-refractivity contribution in [1.82, 2.24) is 5.32 Å². The quantitative estimate of drug-likeness (QED) is 0.413. The second-order valence-corrected chi connectivity index (χ2v) is 10.9. The summed E-state index contributed by atoms with van der Waals surface area (Å²) in [7, 11) is -4.04. The van der Waals surface area contributed by atoms with Crippen LogP contribution in [0.15, 0.2) is 77.7 Å². The van der Waals surface area contributed by atoms with Gasteiger partial charge in [0.1, 0.15) is 6.54 Å². The lowest BCUT2D eigenvalue weighted by Crippen LogP contribution is -2.39. The van der Waals surface area contributed by atoms with Gasteiger partial charge in [0.05, 0.1) is 21.8 Å². The van der Waals surface area contributed by atoms with Gasteiger partial charge in [0, 0.05) is 6.54 Å². The Kier molecular flexibility index (Phi) is 8.88. The molecule has 36 heavy (non-hydrogen) atoms. The van der Waals surface area contributed by atoms with Gasteiger partial charge in [-0.25, -0.2) is 8.42 Å². The average molecular weight is 508 g/mol. The smallest absolute Gasteiger partial charge is 0.264 e. The van der Waals surface area contributed by atoms with Crippen LogP contribution in [0, 0.1) is 12.8 Å². The average Bonchev–Trinajstić information content (AvgIpc) is 2.86. The first-order chi connectivity index (χ1) is 17.1. The van der Waals surface area contributed by atoms with Crippen molar-refractivity contribution in [2.45, 2.75) is 39.0 Å². The summed E-state index contributed by atoms with van der Waals surface area (Å²) in [5.41, 5.74) is 2.81. The van der Waals surface area contributed by atoms with Crippen molar-refractivity contribution in [2.24, 2.45) is 5.92 Å². The lowest BCUT2D eigenvalue weighted by molar-refractivity contribution is -0.114. The Bertz CT molecular complexity index is 1320. The number of sulfonamides is 1. The van der Waals surface area contributed by atoms with Gasteiger partial charge in [-0.05, 0) is 55.2 Å². The van der Waals surface area contributed by atoms with E-state index in [1.165, 1.54) is 0 Å². The highest BCUT2D eigenvalue weighted by Gasteiger charge is 2.29. The minimum absolute atomic E-state index is 0.0975. The van der Waals surface area contributed by atoms with Crippen LogP contribution in [0.1, 0.15) is 42.3 Å². The van der Waals surface area contributed by atoms with Crippen LogP contribution in [0.4, 0.5) is 11.4 Å². The van der Waals surface area contributed by atoms with E-state index in [0.29, 0.717) is 29.9 Å². The molecule has 2 amide bonds. The monoisotopic (exact) mass is 507 g/mol. The molecular formula is C28H33N3O4S. The summed E-state index contributed by atoms with van der Waals surface area (Å²) in [6, 6.07) is 20.3. The van der Waals surface area contributed by atoms with E-state index in [4.69, 9.17) is 0 Å². The number of carbonyl (C=O) groups excluding carboxylic acids is 2. The van der Waals surface area contributed by atoms with Gasteiger partial charge in [0.25, 0.3) is 15.9 Å². The molecule has 2 N–H and O–H groups in total. The van der Waals surface area contributed by atoms with Gasteiger partial charge in [-0.15, -0.1) is 0 Å². The van der Waals surface area contributed by atoms with E-state index in [0.717, 1.165) is 15.4 Å². The molecule has 0 atom stereocenters. The highest BCUT2D eigenvalue weighted by atomic mass is 32.2. The maximum Gasteiger partial charge on any atom is 0.264 e. The zero-order valence-corrected chi connectivity index (χ0v) is 21.9. The molecular weight excluding hydrogens is 474 g/mol. The summed E-state index contributed by atoms with van der Waals surface area (Å²) in [5, 5.41) is 5.59. The summed E-state index contributed by atoms with van der Waals surface area (Å²) in [4.78, 5) is 26.0. The van der Waals surface area contributed by atoms with E-state index in [9.17, 15) is 18.0 Å². The number of rotatable bonds is 10. The maximum absolute atomic E-state index is 13.7. The number of benzene rings is 3. The summed E-state index contributed by atoms with van der Waals surface area (Å²) >= 11 is 0. The van der Waals surface area contributed by atoms with Crippen LogP contribution in [-0.4, -0.2) is 33.3 Å². The first kappa shape index (κ1) is 26.9. The standard InChI is InChI=1S/C28H33N3O4S/c1-5-22-10-6-9-13-26(22)31(36(34,35)23-16-14-21(4)15-17-23)19-27(32)30-25-12-8-7-11-24(25)28(33)29-18-20(2)3/h6-17,20H,5,18-19H2,1-4H3,(H,29,33)(H,30,32). The Morgan fingerprint density at radius 2 is 1.56 bits per heavy atom. The zero-order valence-electron chi connectivity index (χ0n) is 21.1. The van der Waals surface area contributed by atoms with Crippen molar-refractivity contribution in [3.8, 4) is 0 Å². The number of hydrogen-bond acceptors (Lipinski definition) is 4. The molecule has 0 spiro atoms. The summed E-state index contributed by atoms with van der Waals surface area (Å²) in [5.74, 6) is -0.587. The van der Waals surface area contributed by atoms with E-state index in [1.807, 2.05) is 39.8 Å². The Morgan fingerprint density at radius 3 is 2.22 bits per heavy atom. The van der Waals surface area contributed by atoms with E-state index in [1.54, 1.807) is 60.7 Å². The van der Waals surface area contributed by atoms with Crippen molar-refractivity contribution in [3.05, 3.63) is 89.5 Å². The van der Waals surface area contributed by atoms with Crippen molar-refractivity contribution < 1.29 is 18.0 Å². The zero-order chi connectivity index (χ0) is 26.3. The van der Waals surface area contributed by atoms with Crippen LogP contribution in [0.5, 0.6) is 0 Å². The molecule has 3 aromatic carbocycles. The lowest BCUT2D eigenvalue weighted by Gasteiger charge is -2.26. The Labute approximate surface area is 213 Å². The van der Waals surface area contributed by atoms with Crippen molar-refractivity contribution >= 4 is 33.2 Å². The summed E-state index contributed by atoms with van der Waals surface area (Å²) in [6.07, 6.45) is 0.594. The number of carbonyl (C=O) groups is 2. The van der Waals surface area contributed by atoms with Crippen LogP contribution in [0.3, 0.4) is 0 Å². The molecule has 0 aliphatic rings. The van der Waals surface area contributed by atoms with Gasteiger partial charge in [0.15, 0.2) is 0 Å². The Balaban J connectivity index is 1.94. The van der Waals surface area contributed by atoms with Crippen LogP contribution >= 0.6 is 0 Å². The summed E-state index contributed by atoms with van der Waals surface area (Å²) < 4.78 is 28.5. The highest BCUT2D eigenvalue weighted by Crippen LogP contribution is 2.28. The predicted octanol–water partition coefficient (Wildman–Crippen LogP) is 4.78. The van der Waals surface area contributed by atoms with E-state index in [2.05, 4.69) is 10.6 Å². The van der Waals surface area contributed by atoms with Crippen LogP contribution in [0.2, 0.25) is 0 Å². The molecule has 0 aromatic heterocycles. The van der Waals surface area contributed by atoms with Crippen LogP contribution in [-0.2, 0) is 21.2 Å². The molecule has 0 aliphatic carbocycles. The largest absolute Gasteiger partial charge is 0.352 e. The number of amides is 2. The molecule has 3 rings (SSSR count). The topological polar surface area (TPSA) is 95.6 Å². The van der Waals surface area contributed by atoms with Gasteiger partial charge in [-0.2, -0.15) is 0 Å². The van der Waals surface area contributed by atoms with E-state index >= 15 is 0 Å². The number of para-hydroxylation sites is 2. The third-order valence-corrected chi connectivity index (χ3v) is 7.43. The van der Waals surface area contributed by atoms with Gasteiger partial charge in [0.2, 0.25) is 5.91 Å².